The van der Waals surface area contributed by atoms with Crippen molar-refractivity contribution in [2.24, 2.45) is 0 Å². The Balaban J connectivity index is 2.14. The lowest BCUT2D eigenvalue weighted by Gasteiger charge is -2.11. The van der Waals surface area contributed by atoms with E-state index >= 15 is 0 Å². The predicted octanol–water partition coefficient (Wildman–Crippen LogP) is 2.70. The minimum Gasteiger partial charge on any atom is -0.323 e. The molecule has 0 bridgehead atoms. The van der Waals surface area contributed by atoms with Crippen LogP contribution in [0.15, 0.2) is 35.1 Å². The fraction of sp³-hybridized carbons (Fsp3) is 0.182. The molecule has 0 radical (unpaired) electrons. The second-order valence-electron chi connectivity index (χ2n) is 3.84. The third-order valence-corrected chi connectivity index (χ3v) is 3.04. The third-order valence-electron chi connectivity index (χ3n) is 2.35. The van der Waals surface area contributed by atoms with Gasteiger partial charge < -0.3 is 5.32 Å². The highest BCUT2D eigenvalue weighted by molar-refractivity contribution is 9.10. The number of nitrogens with one attached hydrogen (secondary N) is 1. The normalized spacial score (nSPS) is 11.4. The highest BCUT2D eigenvalue weighted by Gasteiger charge is 2.31. The topological polar surface area (TPSA) is 59.8 Å². The Morgan fingerprint density at radius 3 is 2.75 bits per heavy atom. The maximum absolute atomic E-state index is 12.6. The van der Waals surface area contributed by atoms with Crippen LogP contribution in [0.5, 0.6) is 0 Å². The number of hydrogen-bond donors (Lipinski definition) is 1. The zero-order valence-electron chi connectivity index (χ0n) is 9.86. The third kappa shape index (κ3) is 3.56. The van der Waals surface area contributed by atoms with Crippen molar-refractivity contribution in [3.05, 3.63) is 40.6 Å². The van der Waals surface area contributed by atoms with Crippen LogP contribution < -0.4 is 5.32 Å². The smallest absolute Gasteiger partial charge is 0.323 e. The van der Waals surface area contributed by atoms with Crippen molar-refractivity contribution < 1.29 is 18.0 Å². The molecule has 1 aromatic heterocycles. The van der Waals surface area contributed by atoms with Crippen LogP contribution in [0.3, 0.4) is 0 Å². The van der Waals surface area contributed by atoms with Crippen molar-refractivity contribution in [2.45, 2.75) is 12.7 Å². The van der Waals surface area contributed by atoms with E-state index in [2.05, 4.69) is 31.6 Å². The number of alkyl halides is 3. The van der Waals surface area contributed by atoms with Crippen molar-refractivity contribution in [3.8, 4) is 0 Å². The molecule has 20 heavy (non-hydrogen) atoms. The van der Waals surface area contributed by atoms with E-state index in [0.29, 0.717) is 4.47 Å². The van der Waals surface area contributed by atoms with E-state index < -0.39 is 17.6 Å². The van der Waals surface area contributed by atoms with Crippen LogP contribution in [0.2, 0.25) is 0 Å². The number of nitrogens with zero attached hydrogens (tertiary/aromatic N) is 3. The Kier molecular flexibility index (Phi) is 4.07. The van der Waals surface area contributed by atoms with Gasteiger partial charge in [-0.05, 0) is 34.1 Å². The molecule has 1 aromatic carbocycles. The van der Waals surface area contributed by atoms with Gasteiger partial charge in [0.1, 0.15) is 6.54 Å². The zero-order valence-corrected chi connectivity index (χ0v) is 11.4. The molecule has 1 N–H and O–H groups in total. The van der Waals surface area contributed by atoms with Crippen LogP contribution >= 0.6 is 15.9 Å². The summed E-state index contributed by atoms with van der Waals surface area (Å²) in [6.45, 7) is -0.136. The molecule has 0 aliphatic carbocycles. The molecule has 1 amide bonds. The van der Waals surface area contributed by atoms with Crippen molar-refractivity contribution in [1.29, 1.82) is 0 Å². The minimum atomic E-state index is -4.47. The van der Waals surface area contributed by atoms with Crippen LogP contribution in [0.1, 0.15) is 5.56 Å². The standard InChI is InChI=1S/C11H8BrF3N4O/c12-8-2-1-7(11(13,14)15)5-9(8)17-10(20)6-19-4-3-16-18-19/h1-5H,6H2,(H,17,20). The largest absolute Gasteiger partial charge is 0.416 e. The van der Waals surface area contributed by atoms with Gasteiger partial charge in [0.25, 0.3) is 0 Å². The van der Waals surface area contributed by atoms with Crippen LogP contribution in [0, 0.1) is 0 Å². The van der Waals surface area contributed by atoms with Gasteiger partial charge in [-0.2, -0.15) is 13.2 Å². The van der Waals surface area contributed by atoms with Gasteiger partial charge in [0.2, 0.25) is 5.91 Å². The first-order chi connectivity index (χ1) is 9.36. The monoisotopic (exact) mass is 348 g/mol. The molecular weight excluding hydrogens is 341 g/mol. The highest BCUT2D eigenvalue weighted by Crippen LogP contribution is 2.33. The first-order valence-electron chi connectivity index (χ1n) is 5.37. The van der Waals surface area contributed by atoms with E-state index in [1.807, 2.05) is 0 Å². The lowest BCUT2D eigenvalue weighted by atomic mass is 10.2. The summed E-state index contributed by atoms with van der Waals surface area (Å²) in [6, 6.07) is 3.02. The Labute approximate surface area is 119 Å². The highest BCUT2D eigenvalue weighted by atomic mass is 79.9. The summed E-state index contributed by atoms with van der Waals surface area (Å²) in [5.41, 5.74) is -0.790. The van der Waals surface area contributed by atoms with Gasteiger partial charge in [-0.15, -0.1) is 5.10 Å². The lowest BCUT2D eigenvalue weighted by molar-refractivity contribution is -0.137. The molecule has 0 aliphatic rings. The second kappa shape index (κ2) is 5.61. The van der Waals surface area contributed by atoms with Crippen LogP contribution in [0.25, 0.3) is 0 Å². The molecule has 0 unspecified atom stereocenters. The van der Waals surface area contributed by atoms with Crippen molar-refractivity contribution in [1.82, 2.24) is 15.0 Å². The molecule has 9 heteroatoms. The van der Waals surface area contributed by atoms with Crippen molar-refractivity contribution >= 4 is 27.5 Å². The summed E-state index contributed by atoms with van der Waals surface area (Å²) in [4.78, 5) is 11.7. The van der Waals surface area contributed by atoms with Gasteiger partial charge in [-0.1, -0.05) is 5.21 Å². The van der Waals surface area contributed by atoms with E-state index in [1.165, 1.54) is 23.1 Å². The number of anilines is 1. The molecule has 0 aliphatic heterocycles. The molecular formula is C11H8BrF3N4O. The van der Waals surface area contributed by atoms with Crippen LogP contribution in [0.4, 0.5) is 18.9 Å². The number of halogens is 4. The van der Waals surface area contributed by atoms with Crippen molar-refractivity contribution in [2.75, 3.05) is 5.32 Å². The number of benzene rings is 1. The summed E-state index contributed by atoms with van der Waals surface area (Å²) in [7, 11) is 0. The van der Waals surface area contributed by atoms with Gasteiger partial charge in [0.05, 0.1) is 17.4 Å². The maximum atomic E-state index is 12.6. The van der Waals surface area contributed by atoms with E-state index in [-0.39, 0.29) is 12.2 Å². The number of rotatable bonds is 3. The Bertz CT molecular complexity index is 613. The number of carbonyl (C=O) groups is 1. The number of amides is 1. The second-order valence-corrected chi connectivity index (χ2v) is 4.70. The summed E-state index contributed by atoms with van der Waals surface area (Å²) in [5, 5.41) is 9.50. The van der Waals surface area contributed by atoms with E-state index in [9.17, 15) is 18.0 Å². The Morgan fingerprint density at radius 1 is 1.40 bits per heavy atom. The fourth-order valence-corrected chi connectivity index (χ4v) is 1.80. The molecule has 5 nitrogen and oxygen atoms in total. The first kappa shape index (κ1) is 14.5. The number of aromatic nitrogens is 3. The van der Waals surface area contributed by atoms with Crippen LogP contribution in [-0.4, -0.2) is 20.9 Å². The molecule has 0 fully saturated rings. The van der Waals surface area contributed by atoms with Gasteiger partial charge in [0, 0.05) is 10.7 Å². The summed E-state index contributed by atoms with van der Waals surface area (Å²) in [6.07, 6.45) is -1.60. The van der Waals surface area contributed by atoms with E-state index in [4.69, 9.17) is 0 Å². The minimum absolute atomic E-state index is 0.0462. The summed E-state index contributed by atoms with van der Waals surface area (Å²) < 4.78 is 39.4. The Hall–Kier alpha value is -1.90. The van der Waals surface area contributed by atoms with Gasteiger partial charge in [-0.3, -0.25) is 4.79 Å². The molecule has 2 aromatic rings. The summed E-state index contributed by atoms with van der Waals surface area (Å²) >= 11 is 3.09. The maximum Gasteiger partial charge on any atom is 0.416 e. The van der Waals surface area contributed by atoms with Gasteiger partial charge >= 0.3 is 6.18 Å². The Morgan fingerprint density at radius 2 is 2.15 bits per heavy atom. The number of hydrogen-bond acceptors (Lipinski definition) is 3. The molecule has 106 valence electrons. The van der Waals surface area contributed by atoms with Gasteiger partial charge in [-0.25, -0.2) is 4.68 Å². The van der Waals surface area contributed by atoms with Gasteiger partial charge in [0.15, 0.2) is 0 Å². The molecule has 0 saturated heterocycles. The first-order valence-corrected chi connectivity index (χ1v) is 6.16. The average molecular weight is 349 g/mol. The lowest BCUT2D eigenvalue weighted by Crippen LogP contribution is -2.19. The average Bonchev–Trinajstić information content (AvgIpc) is 2.83. The predicted molar refractivity (Wildman–Crippen MR) is 67.8 cm³/mol. The number of carbonyl (C=O) groups excluding carboxylic acids is 1. The van der Waals surface area contributed by atoms with Crippen LogP contribution in [-0.2, 0) is 17.5 Å². The molecule has 0 atom stereocenters. The summed E-state index contributed by atoms with van der Waals surface area (Å²) in [5.74, 6) is -0.504. The molecule has 2 rings (SSSR count). The van der Waals surface area contributed by atoms with E-state index in [1.54, 1.807) is 0 Å². The van der Waals surface area contributed by atoms with Crippen molar-refractivity contribution in [3.63, 3.8) is 0 Å². The fourth-order valence-electron chi connectivity index (χ4n) is 1.45. The van der Waals surface area contributed by atoms with E-state index in [0.717, 1.165) is 12.1 Å². The molecule has 0 saturated carbocycles. The molecule has 1 heterocycles. The quantitative estimate of drug-likeness (QED) is 0.927. The zero-order chi connectivity index (χ0) is 14.8. The molecule has 0 spiro atoms. The SMILES string of the molecule is O=C(Cn1ccnn1)Nc1cc(C(F)(F)F)ccc1Br.